The van der Waals surface area contributed by atoms with E-state index in [0.717, 1.165) is 15.6 Å². The van der Waals surface area contributed by atoms with Crippen molar-refractivity contribution in [2.24, 2.45) is 0 Å². The SMILES string of the molecule is Cc1c(Br)cc2c(c1C(C)(C)O)OCCO2. The van der Waals surface area contributed by atoms with Crippen LogP contribution >= 0.6 is 15.9 Å². The first-order chi connectivity index (χ1) is 7.41. The van der Waals surface area contributed by atoms with Gasteiger partial charge >= 0.3 is 0 Å². The van der Waals surface area contributed by atoms with Crippen LogP contribution in [0.25, 0.3) is 0 Å². The third kappa shape index (κ3) is 1.92. The van der Waals surface area contributed by atoms with Crippen molar-refractivity contribution in [1.82, 2.24) is 0 Å². The molecule has 0 aliphatic carbocycles. The van der Waals surface area contributed by atoms with Crippen LogP contribution in [0, 0.1) is 6.92 Å². The average molecular weight is 287 g/mol. The van der Waals surface area contributed by atoms with Gasteiger partial charge in [-0.2, -0.15) is 0 Å². The number of halogens is 1. The van der Waals surface area contributed by atoms with Gasteiger partial charge in [0.05, 0.1) is 5.60 Å². The molecule has 0 saturated carbocycles. The van der Waals surface area contributed by atoms with Crippen molar-refractivity contribution in [3.63, 3.8) is 0 Å². The van der Waals surface area contributed by atoms with E-state index in [-0.39, 0.29) is 0 Å². The molecule has 0 saturated heterocycles. The second kappa shape index (κ2) is 3.93. The van der Waals surface area contributed by atoms with Crippen molar-refractivity contribution < 1.29 is 14.6 Å². The molecule has 0 spiro atoms. The predicted octanol–water partition coefficient (Wildman–Crippen LogP) is 2.76. The van der Waals surface area contributed by atoms with Crippen molar-refractivity contribution in [2.45, 2.75) is 26.4 Å². The van der Waals surface area contributed by atoms with Crippen LogP contribution in [0.3, 0.4) is 0 Å². The molecule has 0 atom stereocenters. The van der Waals surface area contributed by atoms with E-state index in [1.54, 1.807) is 13.8 Å². The first kappa shape index (κ1) is 11.7. The molecule has 4 heteroatoms. The van der Waals surface area contributed by atoms with Gasteiger partial charge in [-0.25, -0.2) is 0 Å². The van der Waals surface area contributed by atoms with Gasteiger partial charge < -0.3 is 14.6 Å². The molecule has 0 aromatic heterocycles. The number of ether oxygens (including phenoxy) is 2. The minimum atomic E-state index is -0.946. The van der Waals surface area contributed by atoms with Crippen molar-refractivity contribution in [1.29, 1.82) is 0 Å². The maximum atomic E-state index is 10.2. The molecule has 1 aliphatic rings. The van der Waals surface area contributed by atoms with Crippen LogP contribution in [-0.2, 0) is 5.60 Å². The summed E-state index contributed by atoms with van der Waals surface area (Å²) in [6.45, 7) is 6.53. The summed E-state index contributed by atoms with van der Waals surface area (Å²) in [6.07, 6.45) is 0. The van der Waals surface area contributed by atoms with Crippen LogP contribution in [0.2, 0.25) is 0 Å². The van der Waals surface area contributed by atoms with E-state index in [1.807, 2.05) is 13.0 Å². The van der Waals surface area contributed by atoms with Crippen molar-refractivity contribution in [3.8, 4) is 11.5 Å². The maximum absolute atomic E-state index is 10.2. The van der Waals surface area contributed by atoms with Crippen LogP contribution in [0.5, 0.6) is 11.5 Å². The molecule has 2 rings (SSSR count). The molecule has 0 fully saturated rings. The van der Waals surface area contributed by atoms with Crippen LogP contribution in [0.4, 0.5) is 0 Å². The second-order valence-electron chi connectivity index (χ2n) is 4.44. The minimum absolute atomic E-state index is 0.525. The van der Waals surface area contributed by atoms with Crippen molar-refractivity contribution >= 4 is 15.9 Å². The highest BCUT2D eigenvalue weighted by Crippen LogP contribution is 2.44. The first-order valence-electron chi connectivity index (χ1n) is 5.23. The fraction of sp³-hybridized carbons (Fsp3) is 0.500. The molecule has 1 aromatic rings. The largest absolute Gasteiger partial charge is 0.486 e. The zero-order valence-electron chi connectivity index (χ0n) is 9.63. The zero-order valence-corrected chi connectivity index (χ0v) is 11.2. The molecule has 88 valence electrons. The monoisotopic (exact) mass is 286 g/mol. The molecule has 3 nitrogen and oxygen atoms in total. The van der Waals surface area contributed by atoms with Gasteiger partial charge in [-0.15, -0.1) is 0 Å². The van der Waals surface area contributed by atoms with Crippen LogP contribution in [0.15, 0.2) is 10.5 Å². The van der Waals surface area contributed by atoms with Gasteiger partial charge in [-0.3, -0.25) is 0 Å². The van der Waals surface area contributed by atoms with Gasteiger partial charge in [-0.05, 0) is 32.4 Å². The fourth-order valence-electron chi connectivity index (χ4n) is 1.98. The average Bonchev–Trinajstić information content (AvgIpc) is 2.17. The van der Waals surface area contributed by atoms with Crippen molar-refractivity contribution in [3.05, 3.63) is 21.7 Å². The molecule has 0 amide bonds. The standard InChI is InChI=1S/C12H15BrO3/c1-7-8(13)6-9-11(16-5-4-15-9)10(7)12(2,3)14/h6,14H,4-5H2,1-3H3. The Morgan fingerprint density at radius 3 is 2.56 bits per heavy atom. The van der Waals surface area contributed by atoms with E-state index in [0.29, 0.717) is 24.7 Å². The molecule has 16 heavy (non-hydrogen) atoms. The Morgan fingerprint density at radius 2 is 1.94 bits per heavy atom. The Kier molecular flexibility index (Phi) is 2.88. The third-order valence-electron chi connectivity index (χ3n) is 2.64. The number of hydrogen-bond acceptors (Lipinski definition) is 3. The lowest BCUT2D eigenvalue weighted by molar-refractivity contribution is 0.0694. The molecular formula is C12H15BrO3. The van der Waals surface area contributed by atoms with Crippen LogP contribution in [-0.4, -0.2) is 18.3 Å². The lowest BCUT2D eigenvalue weighted by Gasteiger charge is -2.29. The Balaban J connectivity index is 2.69. The summed E-state index contributed by atoms with van der Waals surface area (Å²) >= 11 is 3.47. The molecular weight excluding hydrogens is 272 g/mol. The first-order valence-corrected chi connectivity index (χ1v) is 6.02. The third-order valence-corrected chi connectivity index (χ3v) is 3.46. The Bertz CT molecular complexity index is 421. The number of fused-ring (bicyclic) bond motifs is 1. The van der Waals surface area contributed by atoms with Gasteiger partial charge in [0.2, 0.25) is 0 Å². The summed E-state index contributed by atoms with van der Waals surface area (Å²) in [5, 5.41) is 10.2. The summed E-state index contributed by atoms with van der Waals surface area (Å²) in [5.41, 5.74) is 0.826. The van der Waals surface area contributed by atoms with Crippen LogP contribution < -0.4 is 9.47 Å². The molecule has 0 unspecified atom stereocenters. The lowest BCUT2D eigenvalue weighted by Crippen LogP contribution is -2.23. The number of rotatable bonds is 1. The van der Waals surface area contributed by atoms with E-state index in [4.69, 9.17) is 9.47 Å². The van der Waals surface area contributed by atoms with Gasteiger partial charge in [0.25, 0.3) is 0 Å². The number of hydrogen-bond donors (Lipinski definition) is 1. The summed E-state index contributed by atoms with van der Waals surface area (Å²) in [4.78, 5) is 0. The van der Waals surface area contributed by atoms with E-state index in [2.05, 4.69) is 15.9 Å². The predicted molar refractivity (Wildman–Crippen MR) is 65.1 cm³/mol. The van der Waals surface area contributed by atoms with Gasteiger partial charge in [0, 0.05) is 10.0 Å². The number of aliphatic hydroxyl groups is 1. The Hall–Kier alpha value is -0.740. The molecule has 0 radical (unpaired) electrons. The van der Waals surface area contributed by atoms with E-state index < -0.39 is 5.60 Å². The normalized spacial score (nSPS) is 15.1. The summed E-state index contributed by atoms with van der Waals surface area (Å²) in [5.74, 6) is 1.36. The highest BCUT2D eigenvalue weighted by Gasteiger charge is 2.29. The van der Waals surface area contributed by atoms with Crippen molar-refractivity contribution in [2.75, 3.05) is 13.2 Å². The molecule has 0 bridgehead atoms. The second-order valence-corrected chi connectivity index (χ2v) is 5.30. The highest BCUT2D eigenvalue weighted by atomic mass is 79.9. The van der Waals surface area contributed by atoms with Crippen LogP contribution in [0.1, 0.15) is 25.0 Å². The summed E-state index contributed by atoms with van der Waals surface area (Å²) < 4.78 is 12.1. The van der Waals surface area contributed by atoms with E-state index in [9.17, 15) is 5.11 Å². The van der Waals surface area contributed by atoms with Gasteiger partial charge in [-0.1, -0.05) is 15.9 Å². The van der Waals surface area contributed by atoms with E-state index >= 15 is 0 Å². The molecule has 1 heterocycles. The molecule has 1 N–H and O–H groups in total. The summed E-state index contributed by atoms with van der Waals surface area (Å²) in [6, 6.07) is 1.89. The Labute approximate surface area is 104 Å². The fourth-order valence-corrected chi connectivity index (χ4v) is 2.39. The van der Waals surface area contributed by atoms with E-state index in [1.165, 1.54) is 0 Å². The number of benzene rings is 1. The maximum Gasteiger partial charge on any atom is 0.167 e. The topological polar surface area (TPSA) is 38.7 Å². The lowest BCUT2D eigenvalue weighted by atomic mass is 9.92. The quantitative estimate of drug-likeness (QED) is 0.863. The minimum Gasteiger partial charge on any atom is -0.486 e. The van der Waals surface area contributed by atoms with Gasteiger partial charge in [0.1, 0.15) is 13.2 Å². The zero-order chi connectivity index (χ0) is 11.9. The Morgan fingerprint density at radius 1 is 1.31 bits per heavy atom. The summed E-state index contributed by atoms with van der Waals surface area (Å²) in [7, 11) is 0. The van der Waals surface area contributed by atoms with Gasteiger partial charge in [0.15, 0.2) is 11.5 Å². The molecule has 1 aromatic carbocycles. The smallest absolute Gasteiger partial charge is 0.167 e. The molecule has 1 aliphatic heterocycles. The highest BCUT2D eigenvalue weighted by molar-refractivity contribution is 9.10.